The first-order valence-electron chi connectivity index (χ1n) is 8.15. The van der Waals surface area contributed by atoms with Crippen molar-refractivity contribution in [2.45, 2.75) is 63.0 Å². The van der Waals surface area contributed by atoms with Crippen molar-refractivity contribution in [1.29, 1.82) is 0 Å². The van der Waals surface area contributed by atoms with Gasteiger partial charge in [0.2, 0.25) is 0 Å². The normalized spacial score (nSPS) is 28.4. The van der Waals surface area contributed by atoms with Gasteiger partial charge in [0.05, 0.1) is 5.60 Å². The second-order valence-corrected chi connectivity index (χ2v) is 6.77. The second-order valence-electron chi connectivity index (χ2n) is 6.77. The summed E-state index contributed by atoms with van der Waals surface area (Å²) >= 11 is 0. The quantitative estimate of drug-likeness (QED) is 0.907. The summed E-state index contributed by atoms with van der Waals surface area (Å²) < 4.78 is 6.14. The maximum atomic E-state index is 6.62. The summed E-state index contributed by atoms with van der Waals surface area (Å²) in [5.74, 6) is 1.04. The van der Waals surface area contributed by atoms with Crippen LogP contribution in [0.1, 0.15) is 56.9 Å². The molecule has 0 bridgehead atoms. The molecule has 110 valence electrons. The molecule has 1 aliphatic heterocycles. The van der Waals surface area contributed by atoms with Gasteiger partial charge < -0.3 is 10.5 Å². The number of hydrogen-bond acceptors (Lipinski definition) is 2. The van der Waals surface area contributed by atoms with E-state index in [2.05, 4.69) is 37.3 Å². The summed E-state index contributed by atoms with van der Waals surface area (Å²) in [6, 6.07) is 11.0. The van der Waals surface area contributed by atoms with Gasteiger partial charge >= 0.3 is 0 Å². The Kier molecular flexibility index (Phi) is 4.13. The lowest BCUT2D eigenvalue weighted by Gasteiger charge is -2.42. The maximum absolute atomic E-state index is 6.62. The molecule has 3 atom stereocenters. The highest BCUT2D eigenvalue weighted by molar-refractivity contribution is 5.20. The first kappa shape index (κ1) is 14.1. The Bertz CT molecular complexity index is 424. The fourth-order valence-corrected chi connectivity index (χ4v) is 4.15. The fraction of sp³-hybridized carbons (Fsp3) is 0.667. The molecule has 0 amide bonds. The summed E-state index contributed by atoms with van der Waals surface area (Å²) in [5, 5.41) is 0. The Labute approximate surface area is 122 Å². The molecule has 2 fully saturated rings. The lowest BCUT2D eigenvalue weighted by atomic mass is 9.76. The Morgan fingerprint density at radius 1 is 1.20 bits per heavy atom. The SMILES string of the molecule is CC(c1ccccc1)C(N)C1CCOC2(CCCC2)C1. The molecule has 0 aromatic heterocycles. The minimum Gasteiger partial charge on any atom is -0.375 e. The summed E-state index contributed by atoms with van der Waals surface area (Å²) in [6.45, 7) is 3.18. The molecule has 2 nitrogen and oxygen atoms in total. The summed E-state index contributed by atoms with van der Waals surface area (Å²) in [7, 11) is 0. The van der Waals surface area contributed by atoms with Gasteiger partial charge in [-0.1, -0.05) is 50.1 Å². The molecule has 0 radical (unpaired) electrons. The van der Waals surface area contributed by atoms with Crippen molar-refractivity contribution in [3.63, 3.8) is 0 Å². The molecule has 1 aromatic rings. The second kappa shape index (κ2) is 5.87. The predicted molar refractivity (Wildman–Crippen MR) is 82.7 cm³/mol. The minimum atomic E-state index is 0.178. The monoisotopic (exact) mass is 273 g/mol. The third-order valence-corrected chi connectivity index (χ3v) is 5.49. The molecule has 2 heteroatoms. The highest BCUT2D eigenvalue weighted by Crippen LogP contribution is 2.44. The van der Waals surface area contributed by atoms with Crippen LogP contribution in [0.2, 0.25) is 0 Å². The maximum Gasteiger partial charge on any atom is 0.0685 e. The zero-order valence-corrected chi connectivity index (χ0v) is 12.6. The van der Waals surface area contributed by atoms with E-state index in [1.54, 1.807) is 0 Å². The Morgan fingerprint density at radius 3 is 2.60 bits per heavy atom. The van der Waals surface area contributed by atoms with E-state index in [1.165, 1.54) is 37.7 Å². The van der Waals surface area contributed by atoms with Crippen LogP contribution >= 0.6 is 0 Å². The van der Waals surface area contributed by atoms with Crippen LogP contribution in [0.15, 0.2) is 30.3 Å². The molecular formula is C18H27NO. The molecule has 20 heavy (non-hydrogen) atoms. The van der Waals surface area contributed by atoms with E-state index >= 15 is 0 Å². The van der Waals surface area contributed by atoms with Crippen molar-refractivity contribution in [1.82, 2.24) is 0 Å². The van der Waals surface area contributed by atoms with Crippen LogP contribution in [0.4, 0.5) is 0 Å². The number of rotatable bonds is 3. The van der Waals surface area contributed by atoms with Crippen LogP contribution in [0.3, 0.4) is 0 Å². The Hall–Kier alpha value is -0.860. The molecule has 1 spiro atoms. The van der Waals surface area contributed by atoms with Crippen LogP contribution in [0.25, 0.3) is 0 Å². The molecule has 1 saturated carbocycles. The van der Waals surface area contributed by atoms with E-state index in [1.807, 2.05) is 0 Å². The lowest BCUT2D eigenvalue weighted by Crippen LogP contribution is -2.45. The van der Waals surface area contributed by atoms with Gasteiger partial charge in [0.1, 0.15) is 0 Å². The number of hydrogen-bond donors (Lipinski definition) is 1. The van der Waals surface area contributed by atoms with E-state index < -0.39 is 0 Å². The number of ether oxygens (including phenoxy) is 1. The highest BCUT2D eigenvalue weighted by Gasteiger charge is 2.42. The average molecular weight is 273 g/mol. The zero-order chi connectivity index (χ0) is 14.0. The summed E-state index contributed by atoms with van der Waals surface area (Å²) in [4.78, 5) is 0. The minimum absolute atomic E-state index is 0.178. The van der Waals surface area contributed by atoms with Crippen LogP contribution in [-0.4, -0.2) is 18.2 Å². The van der Waals surface area contributed by atoms with Crippen LogP contribution in [0.5, 0.6) is 0 Å². The smallest absolute Gasteiger partial charge is 0.0685 e. The molecular weight excluding hydrogens is 246 g/mol. The zero-order valence-electron chi connectivity index (χ0n) is 12.6. The number of nitrogens with two attached hydrogens (primary N) is 1. The molecule has 1 aromatic carbocycles. The molecule has 2 aliphatic rings. The summed E-state index contributed by atoms with van der Waals surface area (Å²) in [5.41, 5.74) is 8.16. The molecule has 1 saturated heterocycles. The molecule has 3 rings (SSSR count). The van der Waals surface area contributed by atoms with Crippen LogP contribution in [-0.2, 0) is 4.74 Å². The van der Waals surface area contributed by atoms with Gasteiger partial charge in [-0.05, 0) is 43.1 Å². The van der Waals surface area contributed by atoms with Crippen molar-refractivity contribution < 1.29 is 4.74 Å². The van der Waals surface area contributed by atoms with Gasteiger partial charge in [-0.2, -0.15) is 0 Å². The number of benzene rings is 1. The van der Waals surface area contributed by atoms with E-state index in [9.17, 15) is 0 Å². The molecule has 2 N–H and O–H groups in total. The van der Waals surface area contributed by atoms with E-state index in [0.29, 0.717) is 11.8 Å². The fourth-order valence-electron chi connectivity index (χ4n) is 4.15. The Balaban J connectivity index is 1.68. The van der Waals surface area contributed by atoms with Crippen molar-refractivity contribution in [2.75, 3.05) is 6.61 Å². The van der Waals surface area contributed by atoms with E-state index in [-0.39, 0.29) is 11.6 Å². The lowest BCUT2D eigenvalue weighted by molar-refractivity contribution is -0.0970. The van der Waals surface area contributed by atoms with Gasteiger partial charge in [-0.3, -0.25) is 0 Å². The molecule has 3 unspecified atom stereocenters. The third-order valence-electron chi connectivity index (χ3n) is 5.49. The predicted octanol–water partition coefficient (Wildman–Crippen LogP) is 3.86. The van der Waals surface area contributed by atoms with Crippen LogP contribution in [0, 0.1) is 5.92 Å². The van der Waals surface area contributed by atoms with Crippen molar-refractivity contribution in [3.05, 3.63) is 35.9 Å². The Morgan fingerprint density at radius 2 is 1.90 bits per heavy atom. The first-order valence-corrected chi connectivity index (χ1v) is 8.15. The van der Waals surface area contributed by atoms with E-state index in [4.69, 9.17) is 10.5 Å². The topological polar surface area (TPSA) is 35.2 Å². The third kappa shape index (κ3) is 2.77. The summed E-state index contributed by atoms with van der Waals surface area (Å²) in [6.07, 6.45) is 7.45. The van der Waals surface area contributed by atoms with Gasteiger partial charge in [-0.15, -0.1) is 0 Å². The molecule has 1 aliphatic carbocycles. The average Bonchev–Trinajstić information content (AvgIpc) is 2.94. The van der Waals surface area contributed by atoms with Crippen molar-refractivity contribution in [2.24, 2.45) is 11.7 Å². The van der Waals surface area contributed by atoms with Gasteiger partial charge in [-0.25, -0.2) is 0 Å². The van der Waals surface area contributed by atoms with Gasteiger partial charge in [0.15, 0.2) is 0 Å². The largest absolute Gasteiger partial charge is 0.375 e. The molecule has 1 heterocycles. The van der Waals surface area contributed by atoms with Gasteiger partial charge in [0.25, 0.3) is 0 Å². The van der Waals surface area contributed by atoms with Crippen LogP contribution < -0.4 is 5.73 Å². The van der Waals surface area contributed by atoms with Crippen molar-refractivity contribution in [3.8, 4) is 0 Å². The first-order chi connectivity index (χ1) is 9.70. The van der Waals surface area contributed by atoms with Gasteiger partial charge in [0, 0.05) is 12.6 Å². The van der Waals surface area contributed by atoms with E-state index in [0.717, 1.165) is 13.0 Å². The standard InChI is InChI=1S/C18H27NO/c1-14(15-7-3-2-4-8-15)17(19)16-9-12-20-18(13-16)10-5-6-11-18/h2-4,7-8,14,16-17H,5-6,9-13,19H2,1H3. The highest BCUT2D eigenvalue weighted by atomic mass is 16.5. The van der Waals surface area contributed by atoms with Crippen molar-refractivity contribution >= 4 is 0 Å².